The molecule has 0 amide bonds. The van der Waals surface area contributed by atoms with Crippen LogP contribution in [0.3, 0.4) is 0 Å². The molecule has 2 nitrogen and oxygen atoms in total. The van der Waals surface area contributed by atoms with E-state index in [2.05, 4.69) is 27.7 Å². The van der Waals surface area contributed by atoms with E-state index in [-0.39, 0.29) is 17.1 Å². The first-order chi connectivity index (χ1) is 9.81. The summed E-state index contributed by atoms with van der Waals surface area (Å²) in [5.74, 6) is 1.73. The quantitative estimate of drug-likeness (QED) is 0.787. The van der Waals surface area contributed by atoms with Gasteiger partial charge in [-0.05, 0) is 59.3 Å². The zero-order valence-electron chi connectivity index (χ0n) is 13.6. The maximum absolute atomic E-state index is 12.6. The number of carbonyl (C=O) groups excluding carboxylic acids is 1. The molecule has 0 aliphatic heterocycles. The number of hydrogen-bond donors (Lipinski definition) is 1. The third-order valence-corrected chi connectivity index (χ3v) is 5.75. The lowest BCUT2D eigenvalue weighted by atomic mass is 9.57. The second-order valence-corrected chi connectivity index (χ2v) is 7.87. The van der Waals surface area contributed by atoms with E-state index in [4.69, 9.17) is 0 Å². The fraction of sp³-hybridized carbons (Fsp3) is 0.632. The Kier molecular flexibility index (Phi) is 3.38. The number of phenols is 1. The SMILES string of the molecule is CC(C)c1cc2c(cc1O)C1CCCC(C)(C)C1CC2=O. The number of benzene rings is 1. The van der Waals surface area contributed by atoms with E-state index in [9.17, 15) is 9.90 Å². The molecule has 2 aliphatic rings. The molecule has 1 N–H and O–H groups in total. The molecule has 21 heavy (non-hydrogen) atoms. The third-order valence-electron chi connectivity index (χ3n) is 5.75. The Hall–Kier alpha value is -1.31. The summed E-state index contributed by atoms with van der Waals surface area (Å²) in [5.41, 5.74) is 3.10. The van der Waals surface area contributed by atoms with Gasteiger partial charge >= 0.3 is 0 Å². The van der Waals surface area contributed by atoms with Crippen LogP contribution >= 0.6 is 0 Å². The molecule has 3 rings (SSSR count). The molecule has 2 heteroatoms. The number of rotatable bonds is 1. The Morgan fingerprint density at radius 1 is 1.29 bits per heavy atom. The Morgan fingerprint density at radius 2 is 2.00 bits per heavy atom. The molecule has 2 atom stereocenters. The second-order valence-electron chi connectivity index (χ2n) is 7.87. The van der Waals surface area contributed by atoms with Gasteiger partial charge < -0.3 is 5.11 Å². The van der Waals surface area contributed by atoms with Crippen LogP contribution < -0.4 is 0 Å². The topological polar surface area (TPSA) is 37.3 Å². The smallest absolute Gasteiger partial charge is 0.163 e. The lowest BCUT2D eigenvalue weighted by Gasteiger charge is -2.47. The summed E-state index contributed by atoms with van der Waals surface area (Å²) in [4.78, 5) is 12.6. The van der Waals surface area contributed by atoms with Crippen LogP contribution in [0.5, 0.6) is 5.75 Å². The normalized spacial score (nSPS) is 27.4. The van der Waals surface area contributed by atoms with Gasteiger partial charge in [0.15, 0.2) is 5.78 Å². The van der Waals surface area contributed by atoms with Crippen LogP contribution in [0.2, 0.25) is 0 Å². The van der Waals surface area contributed by atoms with Crippen LogP contribution in [0.15, 0.2) is 12.1 Å². The Balaban J connectivity index is 2.12. The summed E-state index contributed by atoms with van der Waals surface area (Å²) in [6, 6.07) is 3.84. The molecule has 114 valence electrons. The van der Waals surface area contributed by atoms with Gasteiger partial charge in [0.05, 0.1) is 0 Å². The van der Waals surface area contributed by atoms with Gasteiger partial charge in [-0.15, -0.1) is 0 Å². The molecule has 0 aromatic heterocycles. The zero-order valence-corrected chi connectivity index (χ0v) is 13.6. The molecule has 0 heterocycles. The van der Waals surface area contributed by atoms with Gasteiger partial charge in [0.1, 0.15) is 5.75 Å². The maximum Gasteiger partial charge on any atom is 0.163 e. The maximum atomic E-state index is 12.6. The number of phenolic OH excluding ortho intramolecular Hbond substituents is 1. The van der Waals surface area contributed by atoms with Gasteiger partial charge in [-0.1, -0.05) is 34.1 Å². The van der Waals surface area contributed by atoms with Crippen molar-refractivity contribution in [3.8, 4) is 5.75 Å². The number of hydrogen-bond acceptors (Lipinski definition) is 2. The van der Waals surface area contributed by atoms with Gasteiger partial charge in [0, 0.05) is 12.0 Å². The highest BCUT2D eigenvalue weighted by molar-refractivity contribution is 5.99. The minimum Gasteiger partial charge on any atom is -0.508 e. The Labute approximate surface area is 127 Å². The average molecular weight is 286 g/mol. The Bertz CT molecular complexity index is 583. The first kappa shape index (κ1) is 14.6. The van der Waals surface area contributed by atoms with E-state index in [0.717, 1.165) is 23.1 Å². The molecule has 1 saturated carbocycles. The largest absolute Gasteiger partial charge is 0.508 e. The van der Waals surface area contributed by atoms with Crippen molar-refractivity contribution in [3.63, 3.8) is 0 Å². The van der Waals surface area contributed by atoms with E-state index in [1.54, 1.807) is 0 Å². The molecule has 1 aromatic rings. The van der Waals surface area contributed by atoms with E-state index in [0.29, 0.717) is 24.0 Å². The minimum atomic E-state index is 0.225. The van der Waals surface area contributed by atoms with Crippen molar-refractivity contribution < 1.29 is 9.90 Å². The minimum absolute atomic E-state index is 0.225. The number of carbonyl (C=O) groups is 1. The van der Waals surface area contributed by atoms with Crippen LogP contribution in [0.25, 0.3) is 0 Å². The molecule has 1 fully saturated rings. The summed E-state index contributed by atoms with van der Waals surface area (Å²) in [7, 11) is 0. The van der Waals surface area contributed by atoms with Crippen molar-refractivity contribution >= 4 is 5.78 Å². The van der Waals surface area contributed by atoms with Crippen LogP contribution in [-0.4, -0.2) is 10.9 Å². The summed E-state index contributed by atoms with van der Waals surface area (Å²) in [6.45, 7) is 8.71. The molecular weight excluding hydrogens is 260 g/mol. The third kappa shape index (κ3) is 2.29. The number of ketones is 1. The van der Waals surface area contributed by atoms with Crippen LogP contribution in [0, 0.1) is 11.3 Å². The molecule has 0 saturated heterocycles. The van der Waals surface area contributed by atoms with Gasteiger partial charge in [-0.2, -0.15) is 0 Å². The van der Waals surface area contributed by atoms with Gasteiger partial charge in [0.25, 0.3) is 0 Å². The number of Topliss-reactive ketones (excluding diaryl/α,β-unsaturated/α-hetero) is 1. The molecule has 2 unspecified atom stereocenters. The summed E-state index contributed by atoms with van der Waals surface area (Å²) in [6.07, 6.45) is 4.24. The summed E-state index contributed by atoms with van der Waals surface area (Å²) < 4.78 is 0. The lowest BCUT2D eigenvalue weighted by molar-refractivity contribution is 0.0701. The van der Waals surface area contributed by atoms with E-state index in [1.807, 2.05) is 12.1 Å². The molecule has 2 aliphatic carbocycles. The predicted molar refractivity (Wildman–Crippen MR) is 85.0 cm³/mol. The summed E-state index contributed by atoms with van der Waals surface area (Å²) >= 11 is 0. The van der Waals surface area contributed by atoms with Crippen molar-refractivity contribution in [2.45, 2.75) is 65.2 Å². The van der Waals surface area contributed by atoms with Crippen molar-refractivity contribution in [1.29, 1.82) is 0 Å². The highest BCUT2D eigenvalue weighted by Crippen LogP contribution is 2.54. The van der Waals surface area contributed by atoms with E-state index < -0.39 is 0 Å². The zero-order chi connectivity index (χ0) is 15.4. The number of aromatic hydroxyl groups is 1. The fourth-order valence-electron chi connectivity index (χ4n) is 4.44. The average Bonchev–Trinajstić information content (AvgIpc) is 2.39. The number of fused-ring (bicyclic) bond motifs is 3. The van der Waals surface area contributed by atoms with E-state index in [1.165, 1.54) is 12.8 Å². The summed E-state index contributed by atoms with van der Waals surface area (Å²) in [5, 5.41) is 10.3. The van der Waals surface area contributed by atoms with Gasteiger partial charge in [-0.3, -0.25) is 4.79 Å². The van der Waals surface area contributed by atoms with Crippen molar-refractivity contribution in [3.05, 3.63) is 28.8 Å². The molecule has 0 bridgehead atoms. The first-order valence-corrected chi connectivity index (χ1v) is 8.21. The van der Waals surface area contributed by atoms with Gasteiger partial charge in [0.2, 0.25) is 0 Å². The van der Waals surface area contributed by atoms with Crippen LogP contribution in [0.4, 0.5) is 0 Å². The highest BCUT2D eigenvalue weighted by Gasteiger charge is 2.44. The lowest BCUT2D eigenvalue weighted by Crippen LogP contribution is -2.38. The fourth-order valence-corrected chi connectivity index (χ4v) is 4.44. The molecule has 1 aromatic carbocycles. The van der Waals surface area contributed by atoms with E-state index >= 15 is 0 Å². The molecule has 0 spiro atoms. The standard InChI is InChI=1S/C19H26O2/c1-11(2)13-8-15-14(9-17(13)20)12-6-5-7-19(3,4)16(12)10-18(15)21/h8-9,11-12,16,20H,5-7,10H2,1-4H3. The molecule has 0 radical (unpaired) electrons. The Morgan fingerprint density at radius 3 is 2.67 bits per heavy atom. The second kappa shape index (κ2) is 4.86. The van der Waals surface area contributed by atoms with Crippen molar-refractivity contribution in [2.75, 3.05) is 0 Å². The van der Waals surface area contributed by atoms with Crippen molar-refractivity contribution in [2.24, 2.45) is 11.3 Å². The van der Waals surface area contributed by atoms with Crippen LogP contribution in [0.1, 0.15) is 86.7 Å². The van der Waals surface area contributed by atoms with Crippen LogP contribution in [-0.2, 0) is 0 Å². The predicted octanol–water partition coefficient (Wildman–Crippen LogP) is 5.01. The first-order valence-electron chi connectivity index (χ1n) is 8.21. The van der Waals surface area contributed by atoms with Gasteiger partial charge in [-0.25, -0.2) is 0 Å². The molecular formula is C19H26O2. The van der Waals surface area contributed by atoms with Crippen molar-refractivity contribution in [1.82, 2.24) is 0 Å². The monoisotopic (exact) mass is 286 g/mol. The highest BCUT2D eigenvalue weighted by atomic mass is 16.3.